The number of carbonyl (C=O) groups excluding carboxylic acids is 1. The maximum atomic E-state index is 11.5. The molecule has 0 aromatic carbocycles. The number of amides is 1. The minimum Gasteiger partial charge on any atom is -0.480 e. The Balaban J connectivity index is 5.09. The Morgan fingerprint density at radius 2 is 1.75 bits per heavy atom. The van der Waals surface area contributed by atoms with Gasteiger partial charge in [0.05, 0.1) is 13.3 Å². The third kappa shape index (κ3) is 2.67. The molecule has 0 radical (unpaired) electrons. The number of aliphatic carboxylic acids is 2. The molecule has 8 nitrogen and oxygen atoms in total. The Kier molecular flexibility index (Phi) is 5.40. The first-order chi connectivity index (χ1) is 7.43. The number of hydrogen-bond donors (Lipinski definition) is 4. The molecule has 0 bridgehead atoms. The normalized spacial score (nSPS) is 10.9. The van der Waals surface area contributed by atoms with Crippen molar-refractivity contribution in [3.63, 3.8) is 0 Å². The molecule has 16 heavy (non-hydrogen) atoms. The molecule has 0 fully saturated rings. The average Bonchev–Trinajstić information content (AvgIpc) is 2.21. The van der Waals surface area contributed by atoms with Gasteiger partial charge < -0.3 is 25.6 Å². The fraction of sp³-hybridized carbons (Fsp3) is 0.625. The Hall–Kier alpha value is -1.67. The number of nitrogens with one attached hydrogen (secondary N) is 2. The molecule has 92 valence electrons. The predicted octanol–water partition coefficient (Wildman–Crippen LogP) is -1.92. The highest BCUT2D eigenvalue weighted by molar-refractivity contribution is 6.18. The van der Waals surface area contributed by atoms with Crippen LogP contribution >= 0.6 is 0 Å². The van der Waals surface area contributed by atoms with Gasteiger partial charge in [0.1, 0.15) is 0 Å². The van der Waals surface area contributed by atoms with Crippen LogP contribution in [0.1, 0.15) is 0 Å². The summed E-state index contributed by atoms with van der Waals surface area (Å²) < 4.78 is 4.49. The van der Waals surface area contributed by atoms with Crippen molar-refractivity contribution in [2.24, 2.45) is 5.41 Å². The fourth-order valence-corrected chi connectivity index (χ4v) is 1.01. The van der Waals surface area contributed by atoms with Crippen molar-refractivity contribution >= 4 is 17.8 Å². The van der Waals surface area contributed by atoms with E-state index in [2.05, 4.69) is 15.4 Å². The van der Waals surface area contributed by atoms with Crippen LogP contribution in [0.4, 0.5) is 0 Å². The maximum absolute atomic E-state index is 11.5. The molecule has 0 aromatic rings. The second kappa shape index (κ2) is 6.03. The molecule has 8 heteroatoms. The van der Waals surface area contributed by atoms with E-state index in [1.165, 1.54) is 7.05 Å². The summed E-state index contributed by atoms with van der Waals surface area (Å²) in [5, 5.41) is 22.4. The van der Waals surface area contributed by atoms with Crippen molar-refractivity contribution in [3.05, 3.63) is 0 Å². The summed E-state index contributed by atoms with van der Waals surface area (Å²) in [7, 11) is 2.63. The monoisotopic (exact) mass is 234 g/mol. The van der Waals surface area contributed by atoms with E-state index in [0.717, 1.165) is 7.11 Å². The molecular weight excluding hydrogens is 220 g/mol. The number of carboxylic acids is 2. The van der Waals surface area contributed by atoms with Crippen LogP contribution in [0.3, 0.4) is 0 Å². The first-order valence-electron chi connectivity index (χ1n) is 4.32. The summed E-state index contributed by atoms with van der Waals surface area (Å²) in [5.74, 6) is -4.67. The zero-order valence-corrected chi connectivity index (χ0v) is 8.94. The van der Waals surface area contributed by atoms with Crippen molar-refractivity contribution in [3.8, 4) is 0 Å². The molecule has 0 aliphatic carbocycles. The van der Waals surface area contributed by atoms with Gasteiger partial charge in [-0.1, -0.05) is 0 Å². The molecule has 0 heterocycles. The summed E-state index contributed by atoms with van der Waals surface area (Å²) in [4.78, 5) is 33.3. The number of carboxylic acid groups (broad SMARTS) is 2. The summed E-state index contributed by atoms with van der Waals surface area (Å²) in [6, 6.07) is 0. The van der Waals surface area contributed by atoms with E-state index in [0.29, 0.717) is 0 Å². The quantitative estimate of drug-likeness (QED) is 0.299. The number of methoxy groups -OCH3 is 1. The first-order valence-corrected chi connectivity index (χ1v) is 4.32. The van der Waals surface area contributed by atoms with Crippen molar-refractivity contribution < 1.29 is 29.3 Å². The minimum absolute atomic E-state index is 0.0368. The van der Waals surface area contributed by atoms with E-state index < -0.39 is 29.9 Å². The number of ether oxygens (including phenoxy) is 1. The van der Waals surface area contributed by atoms with Gasteiger partial charge in [0.2, 0.25) is 0 Å². The van der Waals surface area contributed by atoms with Crippen LogP contribution in [0.25, 0.3) is 0 Å². The van der Waals surface area contributed by atoms with E-state index in [1.54, 1.807) is 0 Å². The topological polar surface area (TPSA) is 125 Å². The summed E-state index contributed by atoms with van der Waals surface area (Å²) >= 11 is 0. The Bertz CT molecular complexity index is 276. The third-order valence-corrected chi connectivity index (χ3v) is 1.90. The number of carbonyl (C=O) groups is 3. The fourth-order valence-electron chi connectivity index (χ4n) is 1.01. The van der Waals surface area contributed by atoms with E-state index in [1.807, 2.05) is 0 Å². The lowest BCUT2D eigenvalue weighted by atomic mass is 9.88. The van der Waals surface area contributed by atoms with Gasteiger partial charge >= 0.3 is 11.9 Å². The first kappa shape index (κ1) is 14.3. The summed E-state index contributed by atoms with van der Waals surface area (Å²) in [5.41, 5.74) is -2.62. The van der Waals surface area contributed by atoms with Crippen molar-refractivity contribution in [2.45, 2.75) is 0 Å². The van der Waals surface area contributed by atoms with Crippen molar-refractivity contribution in [1.82, 2.24) is 10.6 Å². The van der Waals surface area contributed by atoms with Gasteiger partial charge in [0.25, 0.3) is 11.3 Å². The third-order valence-electron chi connectivity index (χ3n) is 1.90. The molecule has 0 unspecified atom stereocenters. The Morgan fingerprint density at radius 1 is 1.25 bits per heavy atom. The molecule has 0 aliphatic rings. The molecule has 0 spiro atoms. The second-order valence-electron chi connectivity index (χ2n) is 2.98. The van der Waals surface area contributed by atoms with Crippen LogP contribution in [0.2, 0.25) is 0 Å². The zero-order valence-electron chi connectivity index (χ0n) is 8.94. The lowest BCUT2D eigenvalue weighted by Crippen LogP contribution is -2.55. The lowest BCUT2D eigenvalue weighted by Gasteiger charge is -2.22. The zero-order chi connectivity index (χ0) is 12.8. The minimum atomic E-state index is -2.62. The average molecular weight is 234 g/mol. The highest BCUT2D eigenvalue weighted by Crippen LogP contribution is 2.19. The van der Waals surface area contributed by atoms with E-state index in [9.17, 15) is 14.4 Å². The van der Waals surface area contributed by atoms with Crippen molar-refractivity contribution in [1.29, 1.82) is 0 Å². The smallest absolute Gasteiger partial charge is 0.333 e. The molecule has 0 saturated heterocycles. The Morgan fingerprint density at radius 3 is 2.06 bits per heavy atom. The summed E-state index contributed by atoms with van der Waals surface area (Å²) in [6.07, 6.45) is 0. The number of hydrogen-bond acceptors (Lipinski definition) is 5. The van der Waals surface area contributed by atoms with Gasteiger partial charge in [0.15, 0.2) is 0 Å². The van der Waals surface area contributed by atoms with E-state index in [4.69, 9.17) is 10.2 Å². The van der Waals surface area contributed by atoms with Crippen LogP contribution in [0, 0.1) is 5.41 Å². The SMILES string of the molecule is CNCNC(=O)C(COC)(C(=O)O)C(=O)O. The largest absolute Gasteiger partial charge is 0.480 e. The molecule has 1 amide bonds. The van der Waals surface area contributed by atoms with Gasteiger partial charge in [-0.05, 0) is 7.05 Å². The molecule has 0 aromatic heterocycles. The maximum Gasteiger partial charge on any atom is 0.333 e. The van der Waals surface area contributed by atoms with Gasteiger partial charge in [-0.15, -0.1) is 0 Å². The van der Waals surface area contributed by atoms with Crippen LogP contribution < -0.4 is 10.6 Å². The molecule has 0 aliphatic heterocycles. The van der Waals surface area contributed by atoms with E-state index in [-0.39, 0.29) is 6.67 Å². The Labute approximate surface area is 91.6 Å². The van der Waals surface area contributed by atoms with Crippen LogP contribution in [0.5, 0.6) is 0 Å². The van der Waals surface area contributed by atoms with Crippen LogP contribution in [0.15, 0.2) is 0 Å². The number of rotatable bonds is 7. The molecule has 0 saturated carbocycles. The standard InChI is InChI=1S/C8H14N2O6/c1-9-4-10-5(11)8(3-16-2,6(12)13)7(14)15/h9H,3-4H2,1-2H3,(H,10,11)(H,12,13)(H,14,15). The highest BCUT2D eigenvalue weighted by Gasteiger charge is 2.54. The highest BCUT2D eigenvalue weighted by atomic mass is 16.5. The van der Waals surface area contributed by atoms with Gasteiger partial charge in [-0.25, -0.2) is 0 Å². The van der Waals surface area contributed by atoms with Gasteiger partial charge in [-0.3, -0.25) is 14.4 Å². The summed E-state index contributed by atoms with van der Waals surface area (Å²) in [6.45, 7) is -0.780. The molecule has 4 N–H and O–H groups in total. The predicted molar refractivity (Wildman–Crippen MR) is 51.7 cm³/mol. The van der Waals surface area contributed by atoms with Gasteiger partial charge in [0, 0.05) is 7.11 Å². The molecular formula is C8H14N2O6. The molecule has 0 atom stereocenters. The van der Waals surface area contributed by atoms with Crippen molar-refractivity contribution in [2.75, 3.05) is 27.4 Å². The van der Waals surface area contributed by atoms with E-state index >= 15 is 0 Å². The van der Waals surface area contributed by atoms with Gasteiger partial charge in [-0.2, -0.15) is 0 Å². The van der Waals surface area contributed by atoms with Crippen LogP contribution in [-0.2, 0) is 19.1 Å². The second-order valence-corrected chi connectivity index (χ2v) is 2.98. The lowest BCUT2D eigenvalue weighted by molar-refractivity contribution is -0.172. The van der Waals surface area contributed by atoms with Crippen LogP contribution in [-0.4, -0.2) is 55.5 Å². The molecule has 0 rings (SSSR count).